The van der Waals surface area contributed by atoms with E-state index in [1.807, 2.05) is 51.1 Å². The Hall–Kier alpha value is -2.56. The second-order valence-electron chi connectivity index (χ2n) is 6.12. The topological polar surface area (TPSA) is 63.1 Å². The second-order valence-corrected chi connectivity index (χ2v) is 6.12. The van der Waals surface area contributed by atoms with Gasteiger partial charge in [0.05, 0.1) is 5.56 Å². The van der Waals surface area contributed by atoms with E-state index in [0.717, 1.165) is 35.5 Å². The third-order valence-corrected chi connectivity index (χ3v) is 4.28. The maximum absolute atomic E-state index is 12.4. The van der Waals surface area contributed by atoms with Crippen LogP contribution in [0.4, 0.5) is 0 Å². The highest BCUT2D eigenvalue weighted by Gasteiger charge is 2.30. The number of nitrogens with one attached hydrogen (secondary N) is 2. The van der Waals surface area contributed by atoms with Crippen molar-refractivity contribution < 1.29 is 9.59 Å². The van der Waals surface area contributed by atoms with Crippen molar-refractivity contribution in [1.29, 1.82) is 0 Å². The molecular formula is C18H21N3O2. The number of aromatic nitrogens is 1. The van der Waals surface area contributed by atoms with Crippen molar-refractivity contribution in [1.82, 2.24) is 15.4 Å². The van der Waals surface area contributed by atoms with E-state index in [9.17, 15) is 9.59 Å². The van der Waals surface area contributed by atoms with Gasteiger partial charge in [-0.25, -0.2) is 0 Å². The lowest BCUT2D eigenvalue weighted by Crippen LogP contribution is -2.42. The Labute approximate surface area is 135 Å². The van der Waals surface area contributed by atoms with E-state index in [4.69, 9.17) is 0 Å². The van der Waals surface area contributed by atoms with Crippen LogP contribution in [-0.2, 0) is 4.79 Å². The van der Waals surface area contributed by atoms with E-state index < -0.39 is 0 Å². The normalized spacial score (nSPS) is 13.7. The van der Waals surface area contributed by atoms with Gasteiger partial charge in [-0.1, -0.05) is 18.2 Å². The fourth-order valence-corrected chi connectivity index (χ4v) is 2.81. The van der Waals surface area contributed by atoms with Gasteiger partial charge in [0.15, 0.2) is 0 Å². The zero-order valence-corrected chi connectivity index (χ0v) is 13.6. The van der Waals surface area contributed by atoms with Crippen LogP contribution in [0.5, 0.6) is 0 Å². The minimum Gasteiger partial charge on any atom is -0.317 e. The van der Waals surface area contributed by atoms with Crippen LogP contribution in [0.1, 0.15) is 40.2 Å². The van der Waals surface area contributed by atoms with Crippen LogP contribution in [0.15, 0.2) is 30.3 Å². The Balaban J connectivity index is 1.84. The highest BCUT2D eigenvalue weighted by molar-refractivity contribution is 5.97. The quantitative estimate of drug-likeness (QED) is 0.856. The van der Waals surface area contributed by atoms with Crippen LogP contribution in [0, 0.1) is 26.7 Å². The first kappa shape index (κ1) is 15.3. The zero-order valence-electron chi connectivity index (χ0n) is 13.6. The molecule has 0 atom stereocenters. The Kier molecular flexibility index (Phi) is 3.94. The van der Waals surface area contributed by atoms with Gasteiger partial charge in [-0.05, 0) is 51.3 Å². The minimum atomic E-state index is -0.285. The fourth-order valence-electron chi connectivity index (χ4n) is 2.81. The lowest BCUT2D eigenvalue weighted by atomic mass is 10.2. The molecule has 2 aromatic rings. The summed E-state index contributed by atoms with van der Waals surface area (Å²) in [5.41, 5.74) is 9.63. The number of hydrazine groups is 1. The number of hydrogen-bond donors (Lipinski definition) is 2. The number of carbonyl (C=O) groups excluding carboxylic acids is 2. The Morgan fingerprint density at radius 1 is 1.09 bits per heavy atom. The summed E-state index contributed by atoms with van der Waals surface area (Å²) >= 11 is 0. The van der Waals surface area contributed by atoms with Gasteiger partial charge in [-0.3, -0.25) is 20.4 Å². The molecular weight excluding hydrogens is 290 g/mol. The molecule has 0 radical (unpaired) electrons. The van der Waals surface area contributed by atoms with Gasteiger partial charge < -0.3 is 4.57 Å². The minimum absolute atomic E-state index is 0.0645. The fraction of sp³-hybridized carbons (Fsp3) is 0.333. The molecule has 1 heterocycles. The smallest absolute Gasteiger partial charge is 0.271 e. The Morgan fingerprint density at radius 2 is 1.78 bits per heavy atom. The number of rotatable bonds is 3. The molecule has 1 fully saturated rings. The van der Waals surface area contributed by atoms with Gasteiger partial charge in [0.25, 0.3) is 5.91 Å². The van der Waals surface area contributed by atoms with Gasteiger partial charge in [-0.15, -0.1) is 0 Å². The van der Waals surface area contributed by atoms with Crippen molar-refractivity contribution >= 4 is 11.8 Å². The molecule has 1 aliphatic carbocycles. The molecule has 1 aromatic carbocycles. The molecule has 2 amide bonds. The predicted molar refractivity (Wildman–Crippen MR) is 88.3 cm³/mol. The SMILES string of the molecule is Cc1ccccc1-n1c(C)cc(C(=O)NNC(=O)C2CC2)c1C. The van der Waals surface area contributed by atoms with Gasteiger partial charge >= 0.3 is 0 Å². The van der Waals surface area contributed by atoms with Gasteiger partial charge in [0.2, 0.25) is 5.91 Å². The van der Waals surface area contributed by atoms with Crippen LogP contribution in [0.25, 0.3) is 5.69 Å². The molecule has 5 nitrogen and oxygen atoms in total. The lowest BCUT2D eigenvalue weighted by Gasteiger charge is -2.13. The molecule has 0 unspecified atom stereocenters. The number of benzene rings is 1. The summed E-state index contributed by atoms with van der Waals surface area (Å²) in [7, 11) is 0. The number of hydrogen-bond acceptors (Lipinski definition) is 2. The highest BCUT2D eigenvalue weighted by Crippen LogP contribution is 2.28. The van der Waals surface area contributed by atoms with Crippen LogP contribution < -0.4 is 10.9 Å². The van der Waals surface area contributed by atoms with E-state index in [-0.39, 0.29) is 17.7 Å². The molecule has 1 saturated carbocycles. The molecule has 120 valence electrons. The molecule has 1 aromatic heterocycles. The second kappa shape index (κ2) is 5.91. The number of amides is 2. The van der Waals surface area contributed by atoms with Crippen LogP contribution >= 0.6 is 0 Å². The first-order chi connectivity index (χ1) is 11.0. The first-order valence-corrected chi connectivity index (χ1v) is 7.84. The third kappa shape index (κ3) is 2.99. The maximum atomic E-state index is 12.4. The summed E-state index contributed by atoms with van der Waals surface area (Å²) in [5, 5.41) is 0. The van der Waals surface area contributed by atoms with Crippen molar-refractivity contribution in [3.63, 3.8) is 0 Å². The molecule has 0 bridgehead atoms. The summed E-state index contributed by atoms with van der Waals surface area (Å²) < 4.78 is 2.06. The molecule has 3 rings (SSSR count). The summed E-state index contributed by atoms with van der Waals surface area (Å²) in [6.07, 6.45) is 1.81. The van der Waals surface area contributed by atoms with Crippen LogP contribution in [0.2, 0.25) is 0 Å². The average molecular weight is 311 g/mol. The van der Waals surface area contributed by atoms with E-state index in [1.165, 1.54) is 0 Å². The average Bonchev–Trinajstić information content (AvgIpc) is 3.32. The highest BCUT2D eigenvalue weighted by atomic mass is 16.2. The molecule has 0 spiro atoms. The van der Waals surface area contributed by atoms with Gasteiger partial charge in [-0.2, -0.15) is 0 Å². The van der Waals surface area contributed by atoms with E-state index in [1.54, 1.807) is 0 Å². The molecule has 0 aliphatic heterocycles. The predicted octanol–water partition coefficient (Wildman–Crippen LogP) is 2.57. The monoisotopic (exact) mass is 311 g/mol. The van der Waals surface area contributed by atoms with Crippen molar-refractivity contribution in [2.75, 3.05) is 0 Å². The Morgan fingerprint density at radius 3 is 2.43 bits per heavy atom. The first-order valence-electron chi connectivity index (χ1n) is 7.84. The molecule has 5 heteroatoms. The van der Waals surface area contributed by atoms with Crippen molar-refractivity contribution in [3.05, 3.63) is 52.8 Å². The van der Waals surface area contributed by atoms with Crippen molar-refractivity contribution in [2.24, 2.45) is 5.92 Å². The lowest BCUT2D eigenvalue weighted by molar-refractivity contribution is -0.123. The van der Waals surface area contributed by atoms with Gasteiger partial charge in [0.1, 0.15) is 0 Å². The molecule has 0 saturated heterocycles. The number of aryl methyl sites for hydroxylation is 2. The summed E-state index contributed by atoms with van der Waals surface area (Å²) in [6, 6.07) is 9.90. The van der Waals surface area contributed by atoms with Crippen LogP contribution in [0.3, 0.4) is 0 Å². The van der Waals surface area contributed by atoms with Gasteiger partial charge in [0, 0.05) is 23.0 Å². The summed E-state index contributed by atoms with van der Waals surface area (Å²) in [5.74, 6) is -0.326. The molecule has 23 heavy (non-hydrogen) atoms. The number of para-hydroxylation sites is 1. The van der Waals surface area contributed by atoms with Crippen molar-refractivity contribution in [2.45, 2.75) is 33.6 Å². The molecule has 1 aliphatic rings. The Bertz CT molecular complexity index is 773. The molecule has 2 N–H and O–H groups in total. The largest absolute Gasteiger partial charge is 0.317 e. The standard InChI is InChI=1S/C18H21N3O2/c1-11-6-4-5-7-16(11)21-12(2)10-15(13(21)3)18(23)20-19-17(22)14-8-9-14/h4-7,10,14H,8-9H2,1-3H3,(H,19,22)(H,20,23). The van der Waals surface area contributed by atoms with E-state index in [2.05, 4.69) is 15.4 Å². The third-order valence-electron chi connectivity index (χ3n) is 4.28. The summed E-state index contributed by atoms with van der Waals surface area (Å²) in [6.45, 7) is 5.93. The zero-order chi connectivity index (χ0) is 16.6. The van der Waals surface area contributed by atoms with E-state index >= 15 is 0 Å². The summed E-state index contributed by atoms with van der Waals surface area (Å²) in [4.78, 5) is 24.0. The number of nitrogens with zero attached hydrogens (tertiary/aromatic N) is 1. The van der Waals surface area contributed by atoms with Crippen molar-refractivity contribution in [3.8, 4) is 5.69 Å². The maximum Gasteiger partial charge on any atom is 0.271 e. The number of carbonyl (C=O) groups is 2. The van der Waals surface area contributed by atoms with E-state index in [0.29, 0.717) is 5.56 Å². The van der Waals surface area contributed by atoms with Crippen LogP contribution in [-0.4, -0.2) is 16.4 Å².